The first-order chi connectivity index (χ1) is 9.70. The number of rotatable bonds is 5. The number of hydrogen-bond donors (Lipinski definition) is 3. The van der Waals surface area contributed by atoms with Crippen LogP contribution in [-0.4, -0.2) is 53.4 Å². The molecule has 0 saturated heterocycles. The van der Waals surface area contributed by atoms with Crippen LogP contribution < -0.4 is 5.32 Å². The highest BCUT2D eigenvalue weighted by molar-refractivity contribution is 6.00. The summed E-state index contributed by atoms with van der Waals surface area (Å²) in [4.78, 5) is 39.2. The molecule has 1 rings (SSSR count). The van der Waals surface area contributed by atoms with Gasteiger partial charge in [-0.15, -0.1) is 0 Å². The third-order valence-corrected chi connectivity index (χ3v) is 3.45. The van der Waals surface area contributed by atoms with Gasteiger partial charge in [-0.1, -0.05) is 6.92 Å². The fourth-order valence-electron chi connectivity index (χ4n) is 2.30. The van der Waals surface area contributed by atoms with Gasteiger partial charge < -0.3 is 20.3 Å². The maximum atomic E-state index is 12.4. The van der Waals surface area contributed by atoms with Gasteiger partial charge in [-0.3, -0.25) is 9.59 Å². The maximum absolute atomic E-state index is 12.4. The van der Waals surface area contributed by atoms with Gasteiger partial charge in [-0.2, -0.15) is 0 Å². The molecule has 1 unspecified atom stereocenters. The van der Waals surface area contributed by atoms with E-state index in [0.29, 0.717) is 16.8 Å². The SMILES string of the molecule is CNC(=O)C(C)CN(C)C(=O)c1c(C)[nH]c(C(=O)O)c1C. The highest BCUT2D eigenvalue weighted by atomic mass is 16.4. The van der Waals surface area contributed by atoms with E-state index in [1.165, 1.54) is 4.90 Å². The molecule has 1 aromatic rings. The number of aromatic carboxylic acids is 1. The number of carbonyl (C=O) groups excluding carboxylic acids is 2. The number of aromatic nitrogens is 1. The van der Waals surface area contributed by atoms with Crippen molar-refractivity contribution in [2.45, 2.75) is 20.8 Å². The van der Waals surface area contributed by atoms with Crippen molar-refractivity contribution in [3.05, 3.63) is 22.5 Å². The van der Waals surface area contributed by atoms with Crippen LogP contribution >= 0.6 is 0 Å². The van der Waals surface area contributed by atoms with E-state index in [1.54, 1.807) is 34.9 Å². The zero-order valence-corrected chi connectivity index (χ0v) is 12.9. The molecule has 116 valence electrons. The number of hydrogen-bond acceptors (Lipinski definition) is 3. The highest BCUT2D eigenvalue weighted by Crippen LogP contribution is 2.20. The summed E-state index contributed by atoms with van der Waals surface area (Å²) in [6.45, 7) is 5.23. The van der Waals surface area contributed by atoms with Crippen molar-refractivity contribution in [3.8, 4) is 0 Å². The molecule has 7 heteroatoms. The third kappa shape index (κ3) is 3.42. The monoisotopic (exact) mass is 295 g/mol. The number of aryl methyl sites for hydroxylation is 1. The van der Waals surface area contributed by atoms with Gasteiger partial charge >= 0.3 is 5.97 Å². The fraction of sp³-hybridized carbons (Fsp3) is 0.500. The molecule has 0 aliphatic carbocycles. The first-order valence-electron chi connectivity index (χ1n) is 6.60. The highest BCUT2D eigenvalue weighted by Gasteiger charge is 2.25. The summed E-state index contributed by atoms with van der Waals surface area (Å²) in [6, 6.07) is 0. The predicted molar refractivity (Wildman–Crippen MR) is 77.4 cm³/mol. The molecule has 0 saturated carbocycles. The van der Waals surface area contributed by atoms with E-state index in [1.807, 2.05) is 0 Å². The molecule has 0 aliphatic heterocycles. The maximum Gasteiger partial charge on any atom is 0.352 e. The van der Waals surface area contributed by atoms with Crippen LogP contribution in [0.5, 0.6) is 0 Å². The molecule has 0 aromatic carbocycles. The Morgan fingerprint density at radius 2 is 1.90 bits per heavy atom. The number of aromatic amines is 1. The number of nitrogens with zero attached hydrogens (tertiary/aromatic N) is 1. The molecule has 0 fully saturated rings. The minimum absolute atomic E-state index is 0.0172. The second-order valence-corrected chi connectivity index (χ2v) is 5.13. The lowest BCUT2D eigenvalue weighted by Crippen LogP contribution is -2.37. The quantitative estimate of drug-likeness (QED) is 0.747. The van der Waals surface area contributed by atoms with Crippen LogP contribution in [0.3, 0.4) is 0 Å². The summed E-state index contributed by atoms with van der Waals surface area (Å²) in [6.07, 6.45) is 0. The summed E-state index contributed by atoms with van der Waals surface area (Å²) in [7, 11) is 3.13. The van der Waals surface area contributed by atoms with Gasteiger partial charge in [0.25, 0.3) is 5.91 Å². The molecule has 7 nitrogen and oxygen atoms in total. The number of carboxylic acids is 1. The first kappa shape index (κ1) is 16.7. The third-order valence-electron chi connectivity index (χ3n) is 3.45. The van der Waals surface area contributed by atoms with Gasteiger partial charge in [-0.05, 0) is 19.4 Å². The molecule has 0 spiro atoms. The Labute approximate surface area is 123 Å². The molecular formula is C14H21N3O4. The number of amides is 2. The van der Waals surface area contributed by atoms with E-state index >= 15 is 0 Å². The van der Waals surface area contributed by atoms with Gasteiger partial charge in [0.2, 0.25) is 5.91 Å². The summed E-state index contributed by atoms with van der Waals surface area (Å²) in [5.41, 5.74) is 1.28. The molecule has 3 N–H and O–H groups in total. The summed E-state index contributed by atoms with van der Waals surface area (Å²) < 4.78 is 0. The average molecular weight is 295 g/mol. The predicted octanol–water partition coefficient (Wildman–Crippen LogP) is 0.784. The number of carbonyl (C=O) groups is 3. The Bertz CT molecular complexity index is 577. The summed E-state index contributed by atoms with van der Waals surface area (Å²) in [5.74, 6) is -1.90. The molecular weight excluding hydrogens is 274 g/mol. The molecule has 1 aromatic heterocycles. The van der Waals surface area contributed by atoms with E-state index < -0.39 is 5.97 Å². The Morgan fingerprint density at radius 3 is 2.33 bits per heavy atom. The molecule has 0 radical (unpaired) electrons. The van der Waals surface area contributed by atoms with Crippen molar-refractivity contribution < 1.29 is 19.5 Å². The van der Waals surface area contributed by atoms with Gasteiger partial charge in [0.15, 0.2) is 0 Å². The Morgan fingerprint density at radius 1 is 1.33 bits per heavy atom. The van der Waals surface area contributed by atoms with Gasteiger partial charge in [0.1, 0.15) is 5.69 Å². The molecule has 1 heterocycles. The largest absolute Gasteiger partial charge is 0.477 e. The van der Waals surface area contributed by atoms with Crippen LogP contribution in [-0.2, 0) is 4.79 Å². The van der Waals surface area contributed by atoms with Gasteiger partial charge in [0.05, 0.1) is 11.5 Å². The fourth-order valence-corrected chi connectivity index (χ4v) is 2.30. The van der Waals surface area contributed by atoms with Crippen LogP contribution in [0.4, 0.5) is 0 Å². The van der Waals surface area contributed by atoms with Crippen LogP contribution in [0.1, 0.15) is 39.0 Å². The van der Waals surface area contributed by atoms with Crippen molar-refractivity contribution in [1.29, 1.82) is 0 Å². The van der Waals surface area contributed by atoms with E-state index in [9.17, 15) is 14.4 Å². The lowest BCUT2D eigenvalue weighted by molar-refractivity contribution is -0.124. The molecule has 0 bridgehead atoms. The van der Waals surface area contributed by atoms with Crippen LogP contribution in [0.15, 0.2) is 0 Å². The number of nitrogens with one attached hydrogen (secondary N) is 2. The minimum atomic E-state index is -1.10. The molecule has 1 atom stereocenters. The number of H-pyrrole nitrogens is 1. The van der Waals surface area contributed by atoms with E-state index in [0.717, 1.165) is 0 Å². The summed E-state index contributed by atoms with van der Waals surface area (Å²) >= 11 is 0. The van der Waals surface area contributed by atoms with E-state index in [2.05, 4.69) is 10.3 Å². The molecule has 21 heavy (non-hydrogen) atoms. The van der Waals surface area contributed by atoms with Crippen LogP contribution in [0.25, 0.3) is 0 Å². The lowest BCUT2D eigenvalue weighted by Gasteiger charge is -2.21. The van der Waals surface area contributed by atoms with Crippen LogP contribution in [0, 0.1) is 19.8 Å². The number of carboxylic acid groups (broad SMARTS) is 1. The van der Waals surface area contributed by atoms with Crippen molar-refractivity contribution in [1.82, 2.24) is 15.2 Å². The molecule has 0 aliphatic rings. The lowest BCUT2D eigenvalue weighted by atomic mass is 10.1. The zero-order valence-electron chi connectivity index (χ0n) is 12.9. The average Bonchev–Trinajstić information content (AvgIpc) is 2.72. The zero-order chi connectivity index (χ0) is 16.3. The van der Waals surface area contributed by atoms with Crippen molar-refractivity contribution in [2.75, 3.05) is 20.6 Å². The standard InChI is InChI=1S/C14H21N3O4/c1-7(12(18)15-4)6-17(5)13(19)10-8(2)11(14(20)21)16-9(10)3/h7,16H,6H2,1-5H3,(H,15,18)(H,20,21). The van der Waals surface area contributed by atoms with Crippen molar-refractivity contribution in [3.63, 3.8) is 0 Å². The second-order valence-electron chi connectivity index (χ2n) is 5.13. The second kappa shape index (κ2) is 6.43. The van der Waals surface area contributed by atoms with Gasteiger partial charge in [0, 0.05) is 26.3 Å². The minimum Gasteiger partial charge on any atom is -0.477 e. The van der Waals surface area contributed by atoms with Crippen molar-refractivity contribution >= 4 is 17.8 Å². The van der Waals surface area contributed by atoms with E-state index in [-0.39, 0.29) is 30.0 Å². The Kier molecular flexibility index (Phi) is 5.12. The van der Waals surface area contributed by atoms with Crippen molar-refractivity contribution in [2.24, 2.45) is 5.92 Å². The molecule has 2 amide bonds. The van der Waals surface area contributed by atoms with Crippen LogP contribution in [0.2, 0.25) is 0 Å². The topological polar surface area (TPSA) is 103 Å². The van der Waals surface area contributed by atoms with Gasteiger partial charge in [-0.25, -0.2) is 4.79 Å². The Balaban J connectivity index is 2.99. The van der Waals surface area contributed by atoms with E-state index in [4.69, 9.17) is 5.11 Å². The smallest absolute Gasteiger partial charge is 0.352 e. The first-order valence-corrected chi connectivity index (χ1v) is 6.60. The normalized spacial score (nSPS) is 11.9. The summed E-state index contributed by atoms with van der Waals surface area (Å²) in [5, 5.41) is 11.6. The Hall–Kier alpha value is -2.31.